The predicted molar refractivity (Wildman–Crippen MR) is 82.0 cm³/mol. The Labute approximate surface area is 124 Å². The van der Waals surface area contributed by atoms with Gasteiger partial charge in [-0.25, -0.2) is 0 Å². The summed E-state index contributed by atoms with van der Waals surface area (Å²) in [6.45, 7) is 0.421. The van der Waals surface area contributed by atoms with Gasteiger partial charge >= 0.3 is 0 Å². The number of thiocarbonyl (C=S) groups is 1. The van der Waals surface area contributed by atoms with Crippen LogP contribution < -0.4 is 11.1 Å². The minimum atomic E-state index is -0.666. The van der Waals surface area contributed by atoms with Crippen LogP contribution in [-0.2, 0) is 18.4 Å². The third-order valence-electron chi connectivity index (χ3n) is 4.06. The van der Waals surface area contributed by atoms with E-state index in [0.717, 1.165) is 44.2 Å². The predicted octanol–water partition coefficient (Wildman–Crippen LogP) is 1.66. The minimum Gasteiger partial charge on any atom is -0.392 e. The van der Waals surface area contributed by atoms with E-state index in [4.69, 9.17) is 18.0 Å². The van der Waals surface area contributed by atoms with Crippen LogP contribution in [0, 0.1) is 5.41 Å². The fourth-order valence-corrected chi connectivity index (χ4v) is 3.11. The summed E-state index contributed by atoms with van der Waals surface area (Å²) in [6.07, 6.45) is 7.70. The molecule has 3 N–H and O–H groups in total. The number of nitrogens with two attached hydrogens (primary N) is 1. The molecule has 0 saturated heterocycles. The molecule has 0 bridgehead atoms. The first-order valence-corrected chi connectivity index (χ1v) is 7.52. The highest BCUT2D eigenvalue weighted by atomic mass is 32.1. The monoisotopic (exact) mass is 294 g/mol. The number of carbonyl (C=O) groups excluding carboxylic acids is 1. The summed E-state index contributed by atoms with van der Waals surface area (Å²) in [5.74, 6) is -0.0439. The molecule has 1 aliphatic rings. The van der Waals surface area contributed by atoms with Crippen molar-refractivity contribution >= 4 is 23.1 Å². The second kappa shape index (κ2) is 6.35. The SMILES string of the molecule is Cn1ccc(CNC(=O)C2(C(N)=S)CCCCCC2)n1. The van der Waals surface area contributed by atoms with Crippen LogP contribution in [0.2, 0.25) is 0 Å². The fourth-order valence-electron chi connectivity index (χ4n) is 2.81. The van der Waals surface area contributed by atoms with E-state index in [1.807, 2.05) is 19.3 Å². The van der Waals surface area contributed by atoms with Crippen LogP contribution >= 0.6 is 12.2 Å². The number of amides is 1. The van der Waals surface area contributed by atoms with E-state index in [0.29, 0.717) is 11.5 Å². The molecule has 110 valence electrons. The van der Waals surface area contributed by atoms with Gasteiger partial charge in [0.1, 0.15) is 0 Å². The van der Waals surface area contributed by atoms with Crippen LogP contribution in [0.15, 0.2) is 12.3 Å². The van der Waals surface area contributed by atoms with Crippen LogP contribution in [0.3, 0.4) is 0 Å². The van der Waals surface area contributed by atoms with Crippen molar-refractivity contribution in [2.45, 2.75) is 45.1 Å². The van der Waals surface area contributed by atoms with Crippen LogP contribution in [0.5, 0.6) is 0 Å². The number of aryl methyl sites for hydroxylation is 1. The normalized spacial score (nSPS) is 18.2. The average Bonchev–Trinajstić information content (AvgIpc) is 2.68. The topological polar surface area (TPSA) is 72.9 Å². The molecule has 1 fully saturated rings. The van der Waals surface area contributed by atoms with E-state index in [9.17, 15) is 4.79 Å². The first kappa shape index (κ1) is 15.0. The van der Waals surface area contributed by atoms with E-state index < -0.39 is 5.41 Å². The van der Waals surface area contributed by atoms with Gasteiger partial charge in [0.05, 0.1) is 22.6 Å². The Morgan fingerprint density at radius 3 is 2.60 bits per heavy atom. The Bertz CT molecular complexity index is 489. The van der Waals surface area contributed by atoms with Crippen LogP contribution in [0.1, 0.15) is 44.2 Å². The zero-order valence-electron chi connectivity index (χ0n) is 11.9. The third-order valence-corrected chi connectivity index (χ3v) is 4.45. The number of hydrogen-bond donors (Lipinski definition) is 2. The van der Waals surface area contributed by atoms with Crippen molar-refractivity contribution < 1.29 is 4.79 Å². The molecule has 1 aliphatic carbocycles. The molecule has 0 aromatic carbocycles. The van der Waals surface area contributed by atoms with E-state index in [1.165, 1.54) is 0 Å². The van der Waals surface area contributed by atoms with Gasteiger partial charge in [0.15, 0.2) is 0 Å². The zero-order valence-corrected chi connectivity index (χ0v) is 12.7. The highest BCUT2D eigenvalue weighted by Gasteiger charge is 2.41. The molecular weight excluding hydrogens is 272 g/mol. The lowest BCUT2D eigenvalue weighted by Crippen LogP contribution is -2.48. The number of aromatic nitrogens is 2. The number of hydrogen-bond acceptors (Lipinski definition) is 3. The quantitative estimate of drug-likeness (QED) is 0.654. The lowest BCUT2D eigenvalue weighted by atomic mass is 9.79. The van der Waals surface area contributed by atoms with Gasteiger partial charge in [0, 0.05) is 13.2 Å². The van der Waals surface area contributed by atoms with E-state index in [1.54, 1.807) is 4.68 Å². The zero-order chi connectivity index (χ0) is 14.6. The highest BCUT2D eigenvalue weighted by molar-refractivity contribution is 7.80. The van der Waals surface area contributed by atoms with Gasteiger partial charge in [-0.2, -0.15) is 5.10 Å². The Morgan fingerprint density at radius 2 is 2.10 bits per heavy atom. The molecular formula is C14H22N4OS. The first-order chi connectivity index (χ1) is 9.54. The Morgan fingerprint density at radius 1 is 1.45 bits per heavy atom. The van der Waals surface area contributed by atoms with Crippen molar-refractivity contribution in [3.8, 4) is 0 Å². The molecule has 2 rings (SSSR count). The van der Waals surface area contributed by atoms with Crippen molar-refractivity contribution in [2.24, 2.45) is 18.2 Å². The van der Waals surface area contributed by atoms with Gasteiger partial charge in [-0.15, -0.1) is 0 Å². The summed E-state index contributed by atoms with van der Waals surface area (Å²) >= 11 is 5.20. The highest BCUT2D eigenvalue weighted by Crippen LogP contribution is 2.35. The summed E-state index contributed by atoms with van der Waals surface area (Å²) in [6, 6.07) is 1.89. The van der Waals surface area contributed by atoms with Crippen LogP contribution in [0.4, 0.5) is 0 Å². The molecule has 0 atom stereocenters. The van der Waals surface area contributed by atoms with Crippen LogP contribution in [-0.4, -0.2) is 20.7 Å². The summed E-state index contributed by atoms with van der Waals surface area (Å²) < 4.78 is 1.72. The molecule has 0 spiro atoms. The summed E-state index contributed by atoms with van der Waals surface area (Å²) in [5.41, 5.74) is 6.07. The average molecular weight is 294 g/mol. The standard InChI is InChI=1S/C14H22N4OS/c1-18-9-6-11(17-18)10-16-13(19)14(12(15)20)7-4-2-3-5-8-14/h6,9H,2-5,7-8,10H2,1H3,(H2,15,20)(H,16,19). The number of nitrogens with zero attached hydrogens (tertiary/aromatic N) is 2. The molecule has 1 aromatic rings. The van der Waals surface area contributed by atoms with Gasteiger partial charge in [-0.3, -0.25) is 9.48 Å². The Balaban J connectivity index is 2.05. The first-order valence-electron chi connectivity index (χ1n) is 7.11. The number of carbonyl (C=O) groups is 1. The molecule has 5 nitrogen and oxygen atoms in total. The maximum absolute atomic E-state index is 12.6. The smallest absolute Gasteiger partial charge is 0.233 e. The summed E-state index contributed by atoms with van der Waals surface area (Å²) in [5, 5.41) is 7.20. The molecule has 1 saturated carbocycles. The second-order valence-electron chi connectivity index (χ2n) is 5.52. The van der Waals surface area contributed by atoms with E-state index in [-0.39, 0.29) is 5.91 Å². The third kappa shape index (κ3) is 3.17. The van der Waals surface area contributed by atoms with Crippen molar-refractivity contribution in [3.63, 3.8) is 0 Å². The molecule has 0 unspecified atom stereocenters. The largest absolute Gasteiger partial charge is 0.392 e. The molecule has 1 aromatic heterocycles. The Kier molecular flexibility index (Phi) is 4.75. The minimum absolute atomic E-state index is 0.0439. The molecule has 20 heavy (non-hydrogen) atoms. The molecule has 0 radical (unpaired) electrons. The fraction of sp³-hybridized carbons (Fsp3) is 0.643. The number of nitrogens with one attached hydrogen (secondary N) is 1. The number of rotatable bonds is 4. The molecule has 6 heteroatoms. The summed E-state index contributed by atoms with van der Waals surface area (Å²) in [7, 11) is 1.85. The van der Waals surface area contributed by atoms with Gasteiger partial charge in [0.2, 0.25) is 5.91 Å². The van der Waals surface area contributed by atoms with Gasteiger partial charge in [0.25, 0.3) is 0 Å². The van der Waals surface area contributed by atoms with Crippen molar-refractivity contribution in [1.29, 1.82) is 0 Å². The molecule has 0 aliphatic heterocycles. The Hall–Kier alpha value is -1.43. The van der Waals surface area contributed by atoms with Gasteiger partial charge in [-0.05, 0) is 18.9 Å². The van der Waals surface area contributed by atoms with Crippen molar-refractivity contribution in [1.82, 2.24) is 15.1 Å². The maximum Gasteiger partial charge on any atom is 0.233 e. The van der Waals surface area contributed by atoms with Crippen molar-refractivity contribution in [3.05, 3.63) is 18.0 Å². The molecule has 1 heterocycles. The van der Waals surface area contributed by atoms with Crippen LogP contribution in [0.25, 0.3) is 0 Å². The lowest BCUT2D eigenvalue weighted by molar-refractivity contribution is -0.128. The lowest BCUT2D eigenvalue weighted by Gasteiger charge is -2.30. The maximum atomic E-state index is 12.6. The van der Waals surface area contributed by atoms with E-state index >= 15 is 0 Å². The van der Waals surface area contributed by atoms with E-state index in [2.05, 4.69) is 10.4 Å². The van der Waals surface area contributed by atoms with Gasteiger partial charge < -0.3 is 11.1 Å². The summed E-state index contributed by atoms with van der Waals surface area (Å²) in [4.78, 5) is 12.9. The second-order valence-corrected chi connectivity index (χ2v) is 5.96. The molecule has 1 amide bonds. The van der Waals surface area contributed by atoms with Gasteiger partial charge in [-0.1, -0.05) is 37.9 Å². The van der Waals surface area contributed by atoms with Crippen molar-refractivity contribution in [2.75, 3.05) is 0 Å².